The van der Waals surface area contributed by atoms with Crippen LogP contribution in [0.1, 0.15) is 62.0 Å². The third kappa shape index (κ3) is 5.15. The SMILES string of the molecule is C1=CC2SCCC3c4ccccc4N(Cc4ccc(OCCCN5CCCCC5)cc4)C3C2CC1. The van der Waals surface area contributed by atoms with E-state index >= 15 is 0 Å². The maximum atomic E-state index is 6.10. The van der Waals surface area contributed by atoms with Gasteiger partial charge in [0.1, 0.15) is 5.75 Å². The van der Waals surface area contributed by atoms with Gasteiger partial charge < -0.3 is 14.5 Å². The van der Waals surface area contributed by atoms with Crippen molar-refractivity contribution >= 4 is 17.4 Å². The first-order valence-corrected chi connectivity index (χ1v) is 15.0. The molecule has 2 fully saturated rings. The van der Waals surface area contributed by atoms with E-state index in [0.29, 0.717) is 17.2 Å². The fourth-order valence-corrected chi connectivity index (χ4v) is 8.35. The maximum Gasteiger partial charge on any atom is 0.119 e. The molecule has 4 unspecified atom stereocenters. The topological polar surface area (TPSA) is 15.7 Å². The Morgan fingerprint density at radius 2 is 1.80 bits per heavy atom. The van der Waals surface area contributed by atoms with Crippen molar-refractivity contribution in [1.29, 1.82) is 0 Å². The molecular formula is C31H40N2OS. The van der Waals surface area contributed by atoms with Crippen molar-refractivity contribution in [3.63, 3.8) is 0 Å². The number of anilines is 1. The first-order valence-electron chi connectivity index (χ1n) is 13.9. The van der Waals surface area contributed by atoms with E-state index in [-0.39, 0.29) is 0 Å². The summed E-state index contributed by atoms with van der Waals surface area (Å²) in [4.78, 5) is 5.35. The molecule has 0 radical (unpaired) electrons. The number of piperidine rings is 1. The summed E-state index contributed by atoms with van der Waals surface area (Å²) < 4.78 is 6.10. The fourth-order valence-electron chi connectivity index (χ4n) is 6.92. The Bertz CT molecular complexity index is 999. The standard InChI is InChI=1S/C31H40N2OS/c1-6-18-32(19-7-1)20-8-21-34-25-15-13-24(14-16-25)23-33-29-11-4-2-9-26(29)27-17-22-35-30-12-5-3-10-28(30)31(27)33/h2,4-5,9,11-16,27-28,30-31H,1,3,6-8,10,17-23H2. The minimum absolute atomic E-state index is 0.614. The second-order valence-electron chi connectivity index (χ2n) is 10.8. The highest BCUT2D eigenvalue weighted by Gasteiger charge is 2.46. The highest BCUT2D eigenvalue weighted by molar-refractivity contribution is 8.00. The minimum atomic E-state index is 0.614. The molecule has 186 valence electrons. The number of para-hydroxylation sites is 1. The van der Waals surface area contributed by atoms with E-state index in [9.17, 15) is 0 Å². The van der Waals surface area contributed by atoms with Gasteiger partial charge in [0.2, 0.25) is 0 Å². The molecule has 0 N–H and O–H groups in total. The van der Waals surface area contributed by atoms with Crippen LogP contribution in [0.25, 0.3) is 0 Å². The summed E-state index contributed by atoms with van der Waals surface area (Å²) in [6.07, 6.45) is 14.0. The number of thioether (sulfide) groups is 1. The first kappa shape index (κ1) is 23.5. The molecule has 2 aromatic carbocycles. The van der Waals surface area contributed by atoms with E-state index in [4.69, 9.17) is 4.74 Å². The van der Waals surface area contributed by atoms with Gasteiger partial charge in [-0.1, -0.05) is 48.9 Å². The molecule has 35 heavy (non-hydrogen) atoms. The average Bonchev–Trinajstić information content (AvgIpc) is 3.08. The first-order chi connectivity index (χ1) is 17.4. The molecule has 3 heterocycles. The van der Waals surface area contributed by atoms with Gasteiger partial charge in [-0.05, 0) is 92.6 Å². The van der Waals surface area contributed by atoms with Crippen LogP contribution in [0.3, 0.4) is 0 Å². The van der Waals surface area contributed by atoms with E-state index < -0.39 is 0 Å². The number of ether oxygens (including phenoxy) is 1. The molecule has 0 spiro atoms. The molecule has 2 saturated heterocycles. The van der Waals surface area contributed by atoms with Crippen LogP contribution in [0.2, 0.25) is 0 Å². The Morgan fingerprint density at radius 3 is 2.69 bits per heavy atom. The van der Waals surface area contributed by atoms with E-state index in [2.05, 4.69) is 82.2 Å². The summed E-state index contributed by atoms with van der Waals surface area (Å²) >= 11 is 2.20. The highest BCUT2D eigenvalue weighted by atomic mass is 32.2. The number of nitrogens with zero attached hydrogens (tertiary/aromatic N) is 2. The Hall–Kier alpha value is -1.91. The molecule has 6 rings (SSSR count). The van der Waals surface area contributed by atoms with Crippen molar-refractivity contribution in [3.05, 3.63) is 71.8 Å². The monoisotopic (exact) mass is 488 g/mol. The quantitative estimate of drug-likeness (QED) is 0.311. The summed E-state index contributed by atoms with van der Waals surface area (Å²) in [6.45, 7) is 5.52. The maximum absolute atomic E-state index is 6.10. The molecule has 0 saturated carbocycles. The van der Waals surface area contributed by atoms with Gasteiger partial charge in [0.15, 0.2) is 0 Å². The van der Waals surface area contributed by atoms with Crippen LogP contribution < -0.4 is 9.64 Å². The second kappa shape index (κ2) is 11.0. The number of hydrogen-bond donors (Lipinski definition) is 0. The Labute approximate surface area is 215 Å². The number of likely N-dealkylation sites (tertiary alicyclic amines) is 1. The van der Waals surface area contributed by atoms with Gasteiger partial charge in [-0.2, -0.15) is 11.8 Å². The van der Waals surface area contributed by atoms with Crippen molar-refractivity contribution in [3.8, 4) is 5.75 Å². The molecule has 4 atom stereocenters. The van der Waals surface area contributed by atoms with Crippen LogP contribution in [0.5, 0.6) is 5.75 Å². The van der Waals surface area contributed by atoms with Crippen LogP contribution in [0, 0.1) is 5.92 Å². The van der Waals surface area contributed by atoms with Gasteiger partial charge in [-0.3, -0.25) is 0 Å². The molecule has 1 aliphatic carbocycles. The molecule has 4 aliphatic rings. The zero-order valence-corrected chi connectivity index (χ0v) is 21.8. The van der Waals surface area contributed by atoms with E-state index in [1.807, 2.05) is 0 Å². The van der Waals surface area contributed by atoms with Crippen LogP contribution in [0.15, 0.2) is 60.7 Å². The number of hydrogen-bond acceptors (Lipinski definition) is 4. The number of rotatable bonds is 7. The number of benzene rings is 2. The number of fused-ring (bicyclic) bond motifs is 5. The lowest BCUT2D eigenvalue weighted by Crippen LogP contribution is -2.43. The van der Waals surface area contributed by atoms with Gasteiger partial charge in [0, 0.05) is 36.0 Å². The molecule has 3 aliphatic heterocycles. The summed E-state index contributed by atoms with van der Waals surface area (Å²) in [5.74, 6) is 3.70. The van der Waals surface area contributed by atoms with Gasteiger partial charge in [-0.25, -0.2) is 0 Å². The largest absolute Gasteiger partial charge is 0.494 e. The molecule has 0 amide bonds. The Kier molecular flexibility index (Phi) is 7.38. The zero-order valence-electron chi connectivity index (χ0n) is 21.0. The highest BCUT2D eigenvalue weighted by Crippen LogP contribution is 2.52. The number of allylic oxidation sites excluding steroid dienone is 1. The lowest BCUT2D eigenvalue weighted by molar-refractivity contribution is 0.205. The molecule has 3 nitrogen and oxygen atoms in total. The van der Waals surface area contributed by atoms with Crippen LogP contribution in [-0.2, 0) is 6.54 Å². The molecule has 0 aromatic heterocycles. The van der Waals surface area contributed by atoms with Gasteiger partial charge in [-0.15, -0.1) is 0 Å². The Balaban J connectivity index is 1.12. The second-order valence-corrected chi connectivity index (χ2v) is 12.1. The van der Waals surface area contributed by atoms with Gasteiger partial charge >= 0.3 is 0 Å². The van der Waals surface area contributed by atoms with Crippen molar-refractivity contribution in [2.24, 2.45) is 5.92 Å². The summed E-state index contributed by atoms with van der Waals surface area (Å²) in [5, 5.41) is 0.677. The van der Waals surface area contributed by atoms with Crippen molar-refractivity contribution < 1.29 is 4.74 Å². The minimum Gasteiger partial charge on any atom is -0.494 e. The zero-order chi connectivity index (χ0) is 23.5. The van der Waals surface area contributed by atoms with Crippen molar-refractivity contribution in [2.45, 2.75) is 68.7 Å². The van der Waals surface area contributed by atoms with E-state index in [1.54, 1.807) is 5.56 Å². The lowest BCUT2D eigenvalue weighted by Gasteiger charge is -2.39. The van der Waals surface area contributed by atoms with Crippen molar-refractivity contribution in [2.75, 3.05) is 36.9 Å². The predicted octanol–water partition coefficient (Wildman–Crippen LogP) is 6.89. The predicted molar refractivity (Wildman–Crippen MR) is 149 cm³/mol. The lowest BCUT2D eigenvalue weighted by atomic mass is 9.79. The molecule has 2 aromatic rings. The fraction of sp³-hybridized carbons (Fsp3) is 0.548. The van der Waals surface area contributed by atoms with Gasteiger partial charge in [0.05, 0.1) is 6.61 Å². The van der Waals surface area contributed by atoms with E-state index in [1.165, 1.54) is 75.2 Å². The normalized spacial score (nSPS) is 28.2. The average molecular weight is 489 g/mol. The summed E-state index contributed by atoms with van der Waals surface area (Å²) in [7, 11) is 0. The van der Waals surface area contributed by atoms with Crippen LogP contribution in [0.4, 0.5) is 5.69 Å². The van der Waals surface area contributed by atoms with Gasteiger partial charge in [0.25, 0.3) is 0 Å². The Morgan fingerprint density at radius 1 is 0.943 bits per heavy atom. The van der Waals surface area contributed by atoms with Crippen molar-refractivity contribution in [1.82, 2.24) is 4.90 Å². The summed E-state index contributed by atoms with van der Waals surface area (Å²) in [6, 6.07) is 18.8. The van der Waals surface area contributed by atoms with E-state index in [0.717, 1.165) is 31.2 Å². The third-order valence-electron chi connectivity index (χ3n) is 8.62. The summed E-state index contributed by atoms with van der Waals surface area (Å²) in [5.41, 5.74) is 4.45. The van der Waals surface area contributed by atoms with Crippen LogP contribution >= 0.6 is 11.8 Å². The molecular weight excluding hydrogens is 448 g/mol. The molecule has 0 bridgehead atoms. The van der Waals surface area contributed by atoms with Crippen LogP contribution in [-0.4, -0.2) is 48.2 Å². The smallest absolute Gasteiger partial charge is 0.119 e. The molecule has 4 heteroatoms. The third-order valence-corrected chi connectivity index (χ3v) is 9.99.